The summed E-state index contributed by atoms with van der Waals surface area (Å²) >= 11 is -0.103. The van der Waals surface area contributed by atoms with Gasteiger partial charge in [-0.15, -0.1) is 0 Å². The van der Waals surface area contributed by atoms with Crippen LogP contribution in [-0.2, 0) is 13.0 Å². The second-order valence-corrected chi connectivity index (χ2v) is 9.65. The third-order valence-corrected chi connectivity index (χ3v) is 6.71. The second kappa shape index (κ2) is 10.7. The number of halogens is 3. The minimum atomic E-state index is -4.37. The van der Waals surface area contributed by atoms with Gasteiger partial charge in [-0.3, -0.25) is 0 Å². The highest BCUT2D eigenvalue weighted by Crippen LogP contribution is 2.40. The highest BCUT2D eigenvalue weighted by Gasteiger charge is 2.32. The number of ether oxygens (including phenoxy) is 1. The Kier molecular flexibility index (Phi) is 7.73. The minimum Gasteiger partial charge on any atom is -0.457 e. The summed E-state index contributed by atoms with van der Waals surface area (Å²) in [5.41, 5.74) is -1.85. The van der Waals surface area contributed by atoms with Crippen LogP contribution in [0.3, 0.4) is 0 Å². The fourth-order valence-corrected chi connectivity index (χ4v) is 4.55. The Morgan fingerprint density at radius 1 is 1.00 bits per heavy atom. The molecule has 1 aliphatic carbocycles. The molecule has 0 bridgehead atoms. The average Bonchev–Trinajstić information content (AvgIpc) is 3.65. The molecule has 0 aliphatic heterocycles. The third kappa shape index (κ3) is 6.93. The Balaban J connectivity index is 1.60. The predicted molar refractivity (Wildman–Crippen MR) is 130 cm³/mol. The molecule has 0 amide bonds. The molecule has 0 spiro atoms. The molecule has 180 valence electrons. The molecule has 34 heavy (non-hydrogen) atoms. The van der Waals surface area contributed by atoms with E-state index in [1.165, 1.54) is 11.6 Å². The molecule has 1 atom stereocenters. The topological polar surface area (TPSA) is 32.7 Å². The first-order valence-corrected chi connectivity index (χ1v) is 12.3. The number of benzene rings is 3. The molecule has 0 saturated heterocycles. The van der Waals surface area contributed by atoms with E-state index in [0.717, 1.165) is 30.7 Å². The Labute approximate surface area is 202 Å². The summed E-state index contributed by atoms with van der Waals surface area (Å²) in [6.07, 6.45) is 2.33. The second-order valence-electron chi connectivity index (χ2n) is 8.54. The maximum Gasteiger partial charge on any atom is 0.446 e. The van der Waals surface area contributed by atoms with Gasteiger partial charge in [0.15, 0.2) is 0 Å². The van der Waals surface area contributed by atoms with Crippen LogP contribution >= 0.6 is 11.8 Å². The van der Waals surface area contributed by atoms with Gasteiger partial charge in [0.05, 0.1) is 6.10 Å². The van der Waals surface area contributed by atoms with Crippen LogP contribution in [0.1, 0.15) is 30.9 Å². The molecule has 7 heteroatoms. The van der Waals surface area contributed by atoms with Crippen molar-refractivity contribution >= 4 is 17.4 Å². The number of thioether (sulfide) groups is 1. The van der Waals surface area contributed by atoms with E-state index in [1.54, 1.807) is 18.2 Å². The molecule has 1 unspecified atom stereocenters. The summed E-state index contributed by atoms with van der Waals surface area (Å²) in [5.74, 6) is 1.61. The standard InChI is InChI=1S/C27H28F3NO2S/c1-2-19-7-5-10-23(15-19)33-24-11-6-9-22(16-24)31(18-25(32)20-13-14-20)17-21-8-3-4-12-26(21)34-27(28,29)30/h3-12,15-16,20,25,32H,2,13-14,17-18H2,1H3. The number of nitrogens with zero attached hydrogens (tertiary/aromatic N) is 1. The van der Waals surface area contributed by atoms with Crippen LogP contribution in [0.4, 0.5) is 18.9 Å². The van der Waals surface area contributed by atoms with Crippen molar-refractivity contribution in [1.82, 2.24) is 0 Å². The molecule has 1 N–H and O–H groups in total. The maximum atomic E-state index is 13.1. The molecule has 1 fully saturated rings. The first-order chi connectivity index (χ1) is 16.3. The SMILES string of the molecule is CCc1cccc(Oc2cccc(N(Cc3ccccc3SC(F)(F)F)CC(O)C3CC3)c2)c1. The highest BCUT2D eigenvalue weighted by atomic mass is 32.2. The summed E-state index contributed by atoms with van der Waals surface area (Å²) in [7, 11) is 0. The Hall–Kier alpha value is -2.64. The number of rotatable bonds is 10. The van der Waals surface area contributed by atoms with Crippen molar-refractivity contribution in [2.75, 3.05) is 11.4 Å². The van der Waals surface area contributed by atoms with E-state index >= 15 is 0 Å². The zero-order chi connectivity index (χ0) is 24.1. The highest BCUT2D eigenvalue weighted by molar-refractivity contribution is 8.00. The zero-order valence-corrected chi connectivity index (χ0v) is 19.8. The molecular weight excluding hydrogens is 459 g/mol. The Morgan fingerprint density at radius 2 is 1.71 bits per heavy atom. The summed E-state index contributed by atoms with van der Waals surface area (Å²) < 4.78 is 45.4. The van der Waals surface area contributed by atoms with E-state index < -0.39 is 11.6 Å². The summed E-state index contributed by atoms with van der Waals surface area (Å²) in [6, 6.07) is 21.9. The predicted octanol–water partition coefficient (Wildman–Crippen LogP) is 7.43. The minimum absolute atomic E-state index is 0.103. The van der Waals surface area contributed by atoms with Crippen LogP contribution in [-0.4, -0.2) is 23.3 Å². The van der Waals surface area contributed by atoms with Crippen molar-refractivity contribution in [2.45, 2.75) is 49.2 Å². The van der Waals surface area contributed by atoms with E-state index in [0.29, 0.717) is 17.9 Å². The largest absolute Gasteiger partial charge is 0.457 e. The quantitative estimate of drug-likeness (QED) is 0.302. The van der Waals surface area contributed by atoms with Gasteiger partial charge in [0.25, 0.3) is 0 Å². The average molecular weight is 488 g/mol. The van der Waals surface area contributed by atoms with Gasteiger partial charge < -0.3 is 14.7 Å². The molecular formula is C27H28F3NO2S. The number of hydrogen-bond donors (Lipinski definition) is 1. The summed E-state index contributed by atoms with van der Waals surface area (Å²) in [5, 5.41) is 10.7. The lowest BCUT2D eigenvalue weighted by atomic mass is 10.1. The summed E-state index contributed by atoms with van der Waals surface area (Å²) in [6.45, 7) is 2.67. The molecule has 0 aromatic heterocycles. The summed E-state index contributed by atoms with van der Waals surface area (Å²) in [4.78, 5) is 2.11. The van der Waals surface area contributed by atoms with Gasteiger partial charge in [-0.1, -0.05) is 43.3 Å². The van der Waals surface area contributed by atoms with Crippen LogP contribution < -0.4 is 9.64 Å². The molecule has 1 aliphatic rings. The smallest absolute Gasteiger partial charge is 0.446 e. The molecule has 1 saturated carbocycles. The molecule has 0 heterocycles. The Bertz CT molecular complexity index is 1100. The molecule has 0 radical (unpaired) electrons. The number of aryl methyl sites for hydroxylation is 1. The van der Waals surface area contributed by atoms with Crippen LogP contribution in [0.2, 0.25) is 0 Å². The monoisotopic (exact) mass is 487 g/mol. The number of aliphatic hydroxyl groups excluding tert-OH is 1. The van der Waals surface area contributed by atoms with Gasteiger partial charge in [-0.05, 0) is 78.4 Å². The molecule has 3 nitrogen and oxygen atoms in total. The fourth-order valence-electron chi connectivity index (χ4n) is 3.89. The number of hydrogen-bond acceptors (Lipinski definition) is 4. The van der Waals surface area contributed by atoms with Crippen molar-refractivity contribution in [3.63, 3.8) is 0 Å². The van der Waals surface area contributed by atoms with Crippen molar-refractivity contribution in [3.8, 4) is 11.5 Å². The van der Waals surface area contributed by atoms with E-state index in [4.69, 9.17) is 4.74 Å². The first kappa shape index (κ1) is 24.5. The lowest BCUT2D eigenvalue weighted by Gasteiger charge is -2.29. The fraction of sp³-hybridized carbons (Fsp3) is 0.333. The first-order valence-electron chi connectivity index (χ1n) is 11.4. The third-order valence-electron chi connectivity index (χ3n) is 5.86. The van der Waals surface area contributed by atoms with Crippen molar-refractivity contribution < 1.29 is 23.0 Å². The van der Waals surface area contributed by atoms with Crippen LogP contribution in [0.15, 0.2) is 77.7 Å². The van der Waals surface area contributed by atoms with E-state index in [-0.39, 0.29) is 29.1 Å². The number of alkyl halides is 3. The van der Waals surface area contributed by atoms with E-state index in [2.05, 4.69) is 6.92 Å². The molecule has 3 aromatic rings. The van der Waals surface area contributed by atoms with Crippen LogP contribution in [0, 0.1) is 5.92 Å². The van der Waals surface area contributed by atoms with Gasteiger partial charge in [0.1, 0.15) is 11.5 Å². The lowest BCUT2D eigenvalue weighted by molar-refractivity contribution is -0.0328. The number of anilines is 1. The van der Waals surface area contributed by atoms with E-state index in [1.807, 2.05) is 53.4 Å². The van der Waals surface area contributed by atoms with Crippen molar-refractivity contribution in [2.24, 2.45) is 5.92 Å². The number of aliphatic hydroxyl groups is 1. The van der Waals surface area contributed by atoms with Gasteiger partial charge in [0.2, 0.25) is 0 Å². The van der Waals surface area contributed by atoms with Crippen molar-refractivity contribution in [1.29, 1.82) is 0 Å². The maximum absolute atomic E-state index is 13.1. The van der Waals surface area contributed by atoms with Crippen molar-refractivity contribution in [3.05, 3.63) is 83.9 Å². The van der Waals surface area contributed by atoms with Crippen LogP contribution in [0.25, 0.3) is 0 Å². The van der Waals surface area contributed by atoms with Gasteiger partial charge in [0, 0.05) is 29.7 Å². The van der Waals surface area contributed by atoms with E-state index in [9.17, 15) is 18.3 Å². The van der Waals surface area contributed by atoms with Gasteiger partial charge in [-0.25, -0.2) is 0 Å². The Morgan fingerprint density at radius 3 is 2.41 bits per heavy atom. The van der Waals surface area contributed by atoms with Gasteiger partial charge >= 0.3 is 5.51 Å². The molecule has 4 rings (SSSR count). The zero-order valence-electron chi connectivity index (χ0n) is 19.0. The van der Waals surface area contributed by atoms with Gasteiger partial charge in [-0.2, -0.15) is 13.2 Å². The molecule has 3 aromatic carbocycles. The van der Waals surface area contributed by atoms with Crippen LogP contribution in [0.5, 0.6) is 11.5 Å². The normalized spacial score (nSPS) is 14.6. The lowest BCUT2D eigenvalue weighted by Crippen LogP contribution is -2.33.